The van der Waals surface area contributed by atoms with Crippen LogP contribution in [0.25, 0.3) is 0 Å². The predicted molar refractivity (Wildman–Crippen MR) is 50.9 cm³/mol. The summed E-state index contributed by atoms with van der Waals surface area (Å²) in [6, 6.07) is 0. The summed E-state index contributed by atoms with van der Waals surface area (Å²) >= 11 is 0. The summed E-state index contributed by atoms with van der Waals surface area (Å²) in [6.07, 6.45) is 5.47. The van der Waals surface area contributed by atoms with E-state index in [-0.39, 0.29) is 5.92 Å². The molecule has 0 aromatic heterocycles. The zero-order valence-electron chi connectivity index (χ0n) is 8.26. The van der Waals surface area contributed by atoms with Gasteiger partial charge in [-0.25, -0.2) is 0 Å². The average molecular weight is 166 g/mol. The van der Waals surface area contributed by atoms with Crippen LogP contribution >= 0.6 is 0 Å². The summed E-state index contributed by atoms with van der Waals surface area (Å²) in [5, 5.41) is 0. The molecular formula is C11H18O. The molecule has 1 aliphatic carbocycles. The van der Waals surface area contributed by atoms with Gasteiger partial charge >= 0.3 is 0 Å². The number of ketones is 1. The third-order valence-corrected chi connectivity index (χ3v) is 2.78. The fourth-order valence-electron chi connectivity index (χ4n) is 1.65. The Bertz CT molecular complexity index is 203. The molecule has 0 aliphatic heterocycles. The quantitative estimate of drug-likeness (QED) is 0.630. The highest BCUT2D eigenvalue weighted by Gasteiger charge is 2.28. The Balaban J connectivity index is 2.54. The standard InChI is InChI=1S/C11H18O/c1-4-5-6-10-7-8(2)9(3)11(10)12/h7-9H,4-6H2,1-3H3. The van der Waals surface area contributed by atoms with Crippen molar-refractivity contribution in [1.82, 2.24) is 0 Å². The lowest BCUT2D eigenvalue weighted by atomic mass is 9.98. The lowest BCUT2D eigenvalue weighted by Gasteiger charge is -2.05. The van der Waals surface area contributed by atoms with Gasteiger partial charge in [0.15, 0.2) is 5.78 Å². The maximum absolute atomic E-state index is 11.6. The zero-order chi connectivity index (χ0) is 9.14. The van der Waals surface area contributed by atoms with E-state index < -0.39 is 0 Å². The van der Waals surface area contributed by atoms with Crippen LogP contribution in [0.2, 0.25) is 0 Å². The first-order chi connectivity index (χ1) is 5.66. The van der Waals surface area contributed by atoms with Gasteiger partial charge in [-0.1, -0.05) is 33.3 Å². The van der Waals surface area contributed by atoms with Crippen LogP contribution in [0.15, 0.2) is 11.6 Å². The van der Waals surface area contributed by atoms with Crippen molar-refractivity contribution in [3.05, 3.63) is 11.6 Å². The van der Waals surface area contributed by atoms with Gasteiger partial charge in [-0.3, -0.25) is 4.79 Å². The molecule has 1 heteroatoms. The van der Waals surface area contributed by atoms with Gasteiger partial charge < -0.3 is 0 Å². The smallest absolute Gasteiger partial charge is 0.161 e. The molecule has 68 valence electrons. The van der Waals surface area contributed by atoms with Gasteiger partial charge in [0.25, 0.3) is 0 Å². The minimum Gasteiger partial charge on any atom is -0.294 e. The molecule has 0 saturated carbocycles. The first-order valence-electron chi connectivity index (χ1n) is 4.91. The van der Waals surface area contributed by atoms with Gasteiger partial charge in [0.1, 0.15) is 0 Å². The van der Waals surface area contributed by atoms with Crippen molar-refractivity contribution in [2.75, 3.05) is 0 Å². The Labute approximate surface area is 74.9 Å². The molecule has 2 atom stereocenters. The van der Waals surface area contributed by atoms with E-state index in [9.17, 15) is 4.79 Å². The molecule has 12 heavy (non-hydrogen) atoms. The van der Waals surface area contributed by atoms with E-state index in [2.05, 4.69) is 19.9 Å². The lowest BCUT2D eigenvalue weighted by molar-refractivity contribution is -0.118. The van der Waals surface area contributed by atoms with Crippen LogP contribution in [-0.4, -0.2) is 5.78 Å². The maximum atomic E-state index is 11.6. The van der Waals surface area contributed by atoms with Crippen molar-refractivity contribution in [3.8, 4) is 0 Å². The molecule has 1 rings (SSSR count). The molecule has 0 radical (unpaired) electrons. The first-order valence-corrected chi connectivity index (χ1v) is 4.91. The third-order valence-electron chi connectivity index (χ3n) is 2.78. The van der Waals surface area contributed by atoms with E-state index in [4.69, 9.17) is 0 Å². The maximum Gasteiger partial charge on any atom is 0.161 e. The number of carbonyl (C=O) groups excluding carboxylic acids is 1. The summed E-state index contributed by atoms with van der Waals surface area (Å²) in [5.41, 5.74) is 1.08. The van der Waals surface area contributed by atoms with Crippen molar-refractivity contribution in [2.45, 2.75) is 40.0 Å². The van der Waals surface area contributed by atoms with Crippen molar-refractivity contribution < 1.29 is 4.79 Å². The summed E-state index contributed by atoms with van der Waals surface area (Å²) in [7, 11) is 0. The minimum absolute atomic E-state index is 0.233. The number of rotatable bonds is 3. The molecule has 2 unspecified atom stereocenters. The summed E-state index contributed by atoms with van der Waals surface area (Å²) in [4.78, 5) is 11.6. The van der Waals surface area contributed by atoms with E-state index in [0.29, 0.717) is 11.7 Å². The van der Waals surface area contributed by atoms with Gasteiger partial charge in [0, 0.05) is 5.92 Å². The van der Waals surface area contributed by atoms with Crippen LogP contribution in [0.3, 0.4) is 0 Å². The first kappa shape index (κ1) is 9.50. The number of unbranched alkanes of at least 4 members (excludes halogenated alkanes) is 1. The van der Waals surface area contributed by atoms with Crippen LogP contribution < -0.4 is 0 Å². The van der Waals surface area contributed by atoms with Crippen molar-refractivity contribution in [3.63, 3.8) is 0 Å². The molecule has 1 nitrogen and oxygen atoms in total. The SMILES string of the molecule is CCCCC1=CC(C)C(C)C1=O. The largest absolute Gasteiger partial charge is 0.294 e. The molecule has 0 aromatic carbocycles. The van der Waals surface area contributed by atoms with Gasteiger partial charge in [-0.15, -0.1) is 0 Å². The molecule has 0 spiro atoms. The highest BCUT2D eigenvalue weighted by Crippen LogP contribution is 2.29. The topological polar surface area (TPSA) is 17.1 Å². The van der Waals surface area contributed by atoms with E-state index in [1.165, 1.54) is 6.42 Å². The number of allylic oxidation sites excluding steroid dienone is 2. The van der Waals surface area contributed by atoms with Crippen LogP contribution in [-0.2, 0) is 4.79 Å². The van der Waals surface area contributed by atoms with Crippen molar-refractivity contribution in [1.29, 1.82) is 0 Å². The number of hydrogen-bond acceptors (Lipinski definition) is 1. The second-order valence-corrected chi connectivity index (χ2v) is 3.81. The highest BCUT2D eigenvalue weighted by molar-refractivity contribution is 5.99. The Morgan fingerprint density at radius 3 is 2.50 bits per heavy atom. The Kier molecular flexibility index (Phi) is 3.07. The molecule has 0 N–H and O–H groups in total. The van der Waals surface area contributed by atoms with Crippen LogP contribution in [0.4, 0.5) is 0 Å². The van der Waals surface area contributed by atoms with E-state index in [0.717, 1.165) is 18.4 Å². The van der Waals surface area contributed by atoms with Gasteiger partial charge in [0.05, 0.1) is 0 Å². The summed E-state index contributed by atoms with van der Waals surface area (Å²) in [5.74, 6) is 1.08. The normalized spacial score (nSPS) is 29.2. The fraction of sp³-hybridized carbons (Fsp3) is 0.727. The average Bonchev–Trinajstić information content (AvgIpc) is 2.30. The summed E-state index contributed by atoms with van der Waals surface area (Å²) in [6.45, 7) is 6.32. The summed E-state index contributed by atoms with van der Waals surface area (Å²) < 4.78 is 0. The monoisotopic (exact) mass is 166 g/mol. The Hall–Kier alpha value is -0.590. The Morgan fingerprint density at radius 2 is 2.08 bits per heavy atom. The Morgan fingerprint density at radius 1 is 1.42 bits per heavy atom. The molecule has 0 aromatic rings. The number of hydrogen-bond donors (Lipinski definition) is 0. The van der Waals surface area contributed by atoms with Crippen molar-refractivity contribution in [2.24, 2.45) is 11.8 Å². The fourth-order valence-corrected chi connectivity index (χ4v) is 1.65. The third kappa shape index (κ3) is 1.77. The molecular weight excluding hydrogens is 148 g/mol. The van der Waals surface area contributed by atoms with E-state index in [1.807, 2.05) is 6.92 Å². The number of carbonyl (C=O) groups is 1. The molecule has 0 saturated heterocycles. The molecule has 0 bridgehead atoms. The highest BCUT2D eigenvalue weighted by atomic mass is 16.1. The zero-order valence-corrected chi connectivity index (χ0v) is 8.26. The number of Topliss-reactive ketones (excluding diaryl/α,β-unsaturated/α-hetero) is 1. The van der Waals surface area contributed by atoms with E-state index >= 15 is 0 Å². The predicted octanol–water partition coefficient (Wildman–Crippen LogP) is 2.96. The van der Waals surface area contributed by atoms with Crippen LogP contribution in [0.5, 0.6) is 0 Å². The van der Waals surface area contributed by atoms with Crippen molar-refractivity contribution >= 4 is 5.78 Å². The van der Waals surface area contributed by atoms with Gasteiger partial charge in [-0.05, 0) is 24.3 Å². The second kappa shape index (κ2) is 3.88. The van der Waals surface area contributed by atoms with Gasteiger partial charge in [-0.2, -0.15) is 0 Å². The second-order valence-electron chi connectivity index (χ2n) is 3.81. The molecule has 0 heterocycles. The lowest BCUT2D eigenvalue weighted by Crippen LogP contribution is -2.10. The minimum atomic E-state index is 0.233. The van der Waals surface area contributed by atoms with Crippen LogP contribution in [0, 0.1) is 11.8 Å². The molecule has 1 aliphatic rings. The molecule has 0 fully saturated rings. The van der Waals surface area contributed by atoms with Crippen LogP contribution in [0.1, 0.15) is 40.0 Å². The van der Waals surface area contributed by atoms with E-state index in [1.54, 1.807) is 0 Å². The van der Waals surface area contributed by atoms with Gasteiger partial charge in [0.2, 0.25) is 0 Å². The molecule has 0 amide bonds.